The Hall–Kier alpha value is -2.92. The molecule has 1 N–H and O–H groups in total. The predicted molar refractivity (Wildman–Crippen MR) is 116 cm³/mol. The van der Waals surface area contributed by atoms with E-state index in [-0.39, 0.29) is 11.9 Å². The lowest BCUT2D eigenvalue weighted by molar-refractivity contribution is 0.102. The molecule has 0 bridgehead atoms. The van der Waals surface area contributed by atoms with Crippen LogP contribution in [-0.4, -0.2) is 53.1 Å². The largest absolute Gasteiger partial charge is 0.322 e. The normalized spacial score (nSPS) is 15.8. The van der Waals surface area contributed by atoms with Crippen molar-refractivity contribution in [2.45, 2.75) is 24.5 Å². The van der Waals surface area contributed by atoms with Crippen molar-refractivity contribution in [1.29, 1.82) is 0 Å². The molecule has 0 spiro atoms. The lowest BCUT2D eigenvalue weighted by Crippen LogP contribution is -2.34. The number of sulfonamides is 1. The van der Waals surface area contributed by atoms with Crippen molar-refractivity contribution in [2.75, 3.05) is 22.1 Å². The van der Waals surface area contributed by atoms with Gasteiger partial charge in [0.15, 0.2) is 0 Å². The minimum Gasteiger partial charge on any atom is -0.322 e. The zero-order chi connectivity index (χ0) is 21.5. The monoisotopic (exact) mass is 444 g/mol. The van der Waals surface area contributed by atoms with Gasteiger partial charge in [0.1, 0.15) is 0 Å². The van der Waals surface area contributed by atoms with Gasteiger partial charge in [-0.2, -0.15) is 4.68 Å². The molecule has 1 aliphatic rings. The predicted octanol–water partition coefficient (Wildman–Crippen LogP) is 2.35. The Kier molecular flexibility index (Phi) is 5.24. The van der Waals surface area contributed by atoms with E-state index in [4.69, 9.17) is 0 Å². The van der Waals surface area contributed by atoms with Crippen LogP contribution in [0.25, 0.3) is 5.69 Å². The molecular weight excluding hydrogens is 424 g/mol. The lowest BCUT2D eigenvalue weighted by Gasteiger charge is -2.21. The third-order valence-electron chi connectivity index (χ3n) is 4.82. The van der Waals surface area contributed by atoms with E-state index in [0.717, 1.165) is 11.3 Å². The van der Waals surface area contributed by atoms with Crippen LogP contribution in [-0.2, 0) is 16.4 Å². The van der Waals surface area contributed by atoms with Crippen molar-refractivity contribution in [1.82, 2.24) is 20.2 Å². The number of anilines is 2. The Labute approximate surface area is 178 Å². The number of fused-ring (bicyclic) bond motifs is 1. The zero-order valence-electron chi connectivity index (χ0n) is 16.6. The van der Waals surface area contributed by atoms with Crippen LogP contribution in [0.5, 0.6) is 0 Å². The zero-order valence-corrected chi connectivity index (χ0v) is 18.2. The molecule has 0 aliphatic carbocycles. The maximum Gasteiger partial charge on any atom is 0.255 e. The van der Waals surface area contributed by atoms with E-state index in [0.29, 0.717) is 28.5 Å². The van der Waals surface area contributed by atoms with Crippen LogP contribution in [0.3, 0.4) is 0 Å². The molecule has 4 rings (SSSR count). The summed E-state index contributed by atoms with van der Waals surface area (Å²) in [7, 11) is -3.37. The van der Waals surface area contributed by atoms with Crippen molar-refractivity contribution < 1.29 is 13.2 Å². The Morgan fingerprint density at radius 2 is 2.03 bits per heavy atom. The van der Waals surface area contributed by atoms with Crippen molar-refractivity contribution >= 4 is 39.1 Å². The van der Waals surface area contributed by atoms with E-state index in [1.165, 1.54) is 22.3 Å². The van der Waals surface area contributed by atoms with Gasteiger partial charge in [0.05, 0.1) is 17.6 Å². The van der Waals surface area contributed by atoms with E-state index >= 15 is 0 Å². The van der Waals surface area contributed by atoms with Gasteiger partial charge in [-0.25, -0.2) is 8.42 Å². The average molecular weight is 445 g/mol. The number of amides is 1. The van der Waals surface area contributed by atoms with Gasteiger partial charge in [0, 0.05) is 17.3 Å². The van der Waals surface area contributed by atoms with Gasteiger partial charge in [-0.1, -0.05) is 17.8 Å². The topological polar surface area (TPSA) is 110 Å². The number of rotatable bonds is 5. The highest BCUT2D eigenvalue weighted by molar-refractivity contribution is 7.98. The second kappa shape index (κ2) is 7.73. The standard InChI is InChI=1S/C19H20N6O3S2/c1-12-9-14-10-13(7-8-17(14)25(12)30(3,27)28)18(26)20-15-5-4-6-16(11-15)24-19(29-2)21-22-23-24/h4-8,10-12H,9H2,1-3H3,(H,20,26). The fourth-order valence-electron chi connectivity index (χ4n) is 3.64. The molecule has 0 saturated heterocycles. The highest BCUT2D eigenvalue weighted by atomic mass is 32.2. The van der Waals surface area contributed by atoms with E-state index in [2.05, 4.69) is 20.8 Å². The molecule has 9 nitrogen and oxygen atoms in total. The minimum absolute atomic E-state index is 0.174. The highest BCUT2D eigenvalue weighted by Gasteiger charge is 2.32. The van der Waals surface area contributed by atoms with Crippen LogP contribution in [0.1, 0.15) is 22.8 Å². The third kappa shape index (κ3) is 3.77. The molecule has 156 valence electrons. The number of nitrogens with one attached hydrogen (secondary N) is 1. The van der Waals surface area contributed by atoms with Crippen molar-refractivity contribution in [3.8, 4) is 5.69 Å². The first-order chi connectivity index (χ1) is 14.3. The summed E-state index contributed by atoms with van der Waals surface area (Å²) in [6.07, 6.45) is 3.64. The molecule has 11 heteroatoms. The fourth-order valence-corrected chi connectivity index (χ4v) is 5.33. The van der Waals surface area contributed by atoms with Gasteiger partial charge in [-0.05, 0) is 72.0 Å². The number of hydrogen-bond donors (Lipinski definition) is 1. The number of carbonyl (C=O) groups excluding carboxylic acids is 1. The molecule has 1 unspecified atom stereocenters. The molecule has 1 atom stereocenters. The average Bonchev–Trinajstić information content (AvgIpc) is 3.30. The van der Waals surface area contributed by atoms with E-state index in [9.17, 15) is 13.2 Å². The first kappa shape index (κ1) is 20.4. The smallest absolute Gasteiger partial charge is 0.255 e. The summed E-state index contributed by atoms with van der Waals surface area (Å²) in [5, 5.41) is 15.1. The fraction of sp³-hybridized carbons (Fsp3) is 0.263. The number of thioether (sulfide) groups is 1. The highest BCUT2D eigenvalue weighted by Crippen LogP contribution is 2.34. The summed E-state index contributed by atoms with van der Waals surface area (Å²) in [5.41, 5.74) is 3.27. The van der Waals surface area contributed by atoms with Crippen molar-refractivity contribution in [3.05, 3.63) is 53.6 Å². The van der Waals surface area contributed by atoms with Crippen LogP contribution in [0.4, 0.5) is 11.4 Å². The van der Waals surface area contributed by atoms with Gasteiger partial charge in [-0.3, -0.25) is 9.10 Å². The Balaban J connectivity index is 1.57. The molecule has 0 saturated carbocycles. The molecule has 1 aromatic heterocycles. The van der Waals surface area contributed by atoms with Gasteiger partial charge >= 0.3 is 0 Å². The molecule has 1 amide bonds. The van der Waals surface area contributed by atoms with Gasteiger partial charge < -0.3 is 5.32 Å². The van der Waals surface area contributed by atoms with Crippen LogP contribution in [0, 0.1) is 0 Å². The molecule has 2 heterocycles. The number of hydrogen-bond acceptors (Lipinski definition) is 7. The summed E-state index contributed by atoms with van der Waals surface area (Å²) in [6.45, 7) is 1.86. The molecule has 1 aliphatic heterocycles. The first-order valence-electron chi connectivity index (χ1n) is 9.14. The van der Waals surface area contributed by atoms with E-state index in [1.54, 1.807) is 35.0 Å². The number of nitrogens with zero attached hydrogens (tertiary/aromatic N) is 5. The summed E-state index contributed by atoms with van der Waals surface area (Å²) in [5.74, 6) is -0.276. The quantitative estimate of drug-likeness (QED) is 0.602. The van der Waals surface area contributed by atoms with Crippen LogP contribution < -0.4 is 9.62 Å². The van der Waals surface area contributed by atoms with Crippen molar-refractivity contribution in [2.24, 2.45) is 0 Å². The van der Waals surface area contributed by atoms with Crippen molar-refractivity contribution in [3.63, 3.8) is 0 Å². The third-order valence-corrected chi connectivity index (χ3v) is 6.72. The van der Waals surface area contributed by atoms with E-state index in [1.807, 2.05) is 25.3 Å². The molecular formula is C19H20N6O3S2. The Morgan fingerprint density at radius 3 is 2.77 bits per heavy atom. The lowest BCUT2D eigenvalue weighted by atomic mass is 10.1. The summed E-state index contributed by atoms with van der Waals surface area (Å²) < 4.78 is 27.1. The number of aromatic nitrogens is 4. The van der Waals surface area contributed by atoms with Crippen LogP contribution in [0.2, 0.25) is 0 Å². The van der Waals surface area contributed by atoms with Crippen LogP contribution in [0.15, 0.2) is 47.6 Å². The minimum atomic E-state index is -3.37. The second-order valence-electron chi connectivity index (χ2n) is 7.04. The number of benzene rings is 2. The summed E-state index contributed by atoms with van der Waals surface area (Å²) in [4.78, 5) is 12.8. The van der Waals surface area contributed by atoms with E-state index < -0.39 is 10.0 Å². The number of carbonyl (C=O) groups is 1. The van der Waals surface area contributed by atoms with Gasteiger partial charge in [0.25, 0.3) is 5.91 Å². The molecule has 2 aromatic carbocycles. The van der Waals surface area contributed by atoms with Gasteiger partial charge in [-0.15, -0.1) is 5.10 Å². The van der Waals surface area contributed by atoms with Gasteiger partial charge in [0.2, 0.25) is 15.2 Å². The molecule has 3 aromatic rings. The SMILES string of the molecule is CSc1nnnn1-c1cccc(NC(=O)c2ccc3c(c2)CC(C)N3S(C)(=O)=O)c1. The summed E-state index contributed by atoms with van der Waals surface area (Å²) >= 11 is 1.42. The molecule has 0 fully saturated rings. The maximum absolute atomic E-state index is 12.8. The Morgan fingerprint density at radius 1 is 1.23 bits per heavy atom. The van der Waals surface area contributed by atoms with Crippen LogP contribution >= 0.6 is 11.8 Å². The molecule has 30 heavy (non-hydrogen) atoms. The Bertz CT molecular complexity index is 1220. The first-order valence-corrected chi connectivity index (χ1v) is 12.2. The maximum atomic E-state index is 12.8. The molecule has 0 radical (unpaired) electrons. The second-order valence-corrected chi connectivity index (χ2v) is 9.67. The number of tetrazole rings is 1. The summed E-state index contributed by atoms with van der Waals surface area (Å²) in [6, 6.07) is 12.1.